The van der Waals surface area contributed by atoms with Crippen LogP contribution in [0.3, 0.4) is 0 Å². The number of aliphatic hydroxyl groups excluding tert-OH is 1. The number of aliphatic hydroxyl groups is 1. The van der Waals surface area contributed by atoms with Crippen LogP contribution in [-0.4, -0.2) is 19.9 Å². The molecule has 3 aromatic rings. The molecule has 5 heteroatoms. The normalized spacial score (nSPS) is 12.8. The Hall–Kier alpha value is -1.72. The number of para-hydroxylation sites is 1. The highest BCUT2D eigenvalue weighted by atomic mass is 79.9. The summed E-state index contributed by atoms with van der Waals surface area (Å²) in [6, 6.07) is 9.86. The molecule has 0 aliphatic carbocycles. The van der Waals surface area contributed by atoms with Crippen LogP contribution in [0.4, 0.5) is 0 Å². The van der Waals surface area contributed by atoms with E-state index in [0.29, 0.717) is 12.1 Å². The van der Waals surface area contributed by atoms with Gasteiger partial charge in [0.05, 0.1) is 17.4 Å². The molecule has 0 aliphatic rings. The molecule has 0 bridgehead atoms. The SMILES string of the molecule is Cn1cc(CC(O)c2nc3ccccc3cc2Br)cn1. The smallest absolute Gasteiger partial charge is 0.101 e. The highest BCUT2D eigenvalue weighted by Gasteiger charge is 2.15. The Morgan fingerprint density at radius 1 is 1.35 bits per heavy atom. The number of halogens is 1. The van der Waals surface area contributed by atoms with Gasteiger partial charge in [-0.3, -0.25) is 4.68 Å². The van der Waals surface area contributed by atoms with Crippen LogP contribution in [0, 0.1) is 0 Å². The lowest BCUT2D eigenvalue weighted by Gasteiger charge is -2.12. The average molecular weight is 332 g/mol. The Kier molecular flexibility index (Phi) is 3.54. The minimum absolute atomic E-state index is 0.498. The van der Waals surface area contributed by atoms with Crippen LogP contribution < -0.4 is 0 Å². The molecule has 0 saturated heterocycles. The Morgan fingerprint density at radius 3 is 2.90 bits per heavy atom. The minimum atomic E-state index is -0.654. The third-order valence-electron chi connectivity index (χ3n) is 3.21. The molecule has 2 aromatic heterocycles. The number of benzene rings is 1. The summed E-state index contributed by atoms with van der Waals surface area (Å²) in [5.41, 5.74) is 2.53. The lowest BCUT2D eigenvalue weighted by molar-refractivity contribution is 0.173. The first kappa shape index (κ1) is 13.3. The minimum Gasteiger partial charge on any atom is -0.386 e. The van der Waals surface area contributed by atoms with Gasteiger partial charge in [0.25, 0.3) is 0 Å². The predicted molar refractivity (Wildman–Crippen MR) is 81.3 cm³/mol. The Labute approximate surface area is 125 Å². The van der Waals surface area contributed by atoms with Gasteiger partial charge in [-0.25, -0.2) is 4.98 Å². The van der Waals surface area contributed by atoms with Gasteiger partial charge in [0.15, 0.2) is 0 Å². The summed E-state index contributed by atoms with van der Waals surface area (Å²) in [7, 11) is 1.86. The van der Waals surface area contributed by atoms with Crippen LogP contribution in [0.1, 0.15) is 17.4 Å². The van der Waals surface area contributed by atoms with E-state index in [1.165, 1.54) is 0 Å². The molecule has 102 valence electrons. The van der Waals surface area contributed by atoms with E-state index < -0.39 is 6.10 Å². The van der Waals surface area contributed by atoms with Gasteiger partial charge in [-0.05, 0) is 33.6 Å². The molecular formula is C15H14BrN3O. The molecular weight excluding hydrogens is 318 g/mol. The van der Waals surface area contributed by atoms with Crippen LogP contribution in [0.25, 0.3) is 10.9 Å². The predicted octanol–water partition coefficient (Wildman–Crippen LogP) is 3.01. The quantitative estimate of drug-likeness (QED) is 0.802. The van der Waals surface area contributed by atoms with Crippen LogP contribution in [0.2, 0.25) is 0 Å². The van der Waals surface area contributed by atoms with Crippen molar-refractivity contribution in [2.75, 3.05) is 0 Å². The van der Waals surface area contributed by atoms with Crippen molar-refractivity contribution < 1.29 is 5.11 Å². The zero-order valence-electron chi connectivity index (χ0n) is 11.0. The first-order chi connectivity index (χ1) is 9.63. The fourth-order valence-electron chi connectivity index (χ4n) is 2.24. The maximum absolute atomic E-state index is 10.4. The summed E-state index contributed by atoms with van der Waals surface area (Å²) in [5, 5.41) is 15.6. The topological polar surface area (TPSA) is 50.9 Å². The van der Waals surface area contributed by atoms with Gasteiger partial charge in [0.2, 0.25) is 0 Å². The van der Waals surface area contributed by atoms with E-state index in [9.17, 15) is 5.11 Å². The fourth-order valence-corrected chi connectivity index (χ4v) is 2.84. The number of pyridine rings is 1. The molecule has 3 rings (SSSR count). The van der Waals surface area contributed by atoms with Crippen molar-refractivity contribution in [1.82, 2.24) is 14.8 Å². The van der Waals surface area contributed by atoms with E-state index >= 15 is 0 Å². The van der Waals surface area contributed by atoms with Crippen LogP contribution in [-0.2, 0) is 13.5 Å². The van der Waals surface area contributed by atoms with Crippen molar-refractivity contribution in [3.05, 3.63) is 58.5 Å². The maximum Gasteiger partial charge on any atom is 0.101 e. The van der Waals surface area contributed by atoms with Gasteiger partial charge >= 0.3 is 0 Å². The molecule has 1 unspecified atom stereocenters. The summed E-state index contributed by atoms with van der Waals surface area (Å²) in [5.74, 6) is 0. The molecule has 1 aromatic carbocycles. The van der Waals surface area contributed by atoms with Crippen molar-refractivity contribution in [1.29, 1.82) is 0 Å². The van der Waals surface area contributed by atoms with E-state index in [0.717, 1.165) is 20.9 Å². The highest BCUT2D eigenvalue weighted by molar-refractivity contribution is 9.10. The van der Waals surface area contributed by atoms with Crippen LogP contribution in [0.15, 0.2) is 47.2 Å². The van der Waals surface area contributed by atoms with E-state index in [2.05, 4.69) is 26.0 Å². The van der Waals surface area contributed by atoms with E-state index in [4.69, 9.17) is 0 Å². The Bertz CT molecular complexity index is 754. The number of hydrogen-bond acceptors (Lipinski definition) is 3. The van der Waals surface area contributed by atoms with Gasteiger partial charge in [-0.15, -0.1) is 0 Å². The zero-order chi connectivity index (χ0) is 14.1. The van der Waals surface area contributed by atoms with Crippen molar-refractivity contribution in [2.24, 2.45) is 7.05 Å². The molecule has 0 amide bonds. The van der Waals surface area contributed by atoms with Crippen LogP contribution in [0.5, 0.6) is 0 Å². The lowest BCUT2D eigenvalue weighted by atomic mass is 10.1. The van der Waals surface area contributed by atoms with E-state index in [1.807, 2.05) is 43.6 Å². The van der Waals surface area contributed by atoms with Crippen LogP contribution >= 0.6 is 15.9 Å². The third kappa shape index (κ3) is 2.59. The second-order valence-electron chi connectivity index (χ2n) is 4.79. The molecule has 0 radical (unpaired) electrons. The van der Waals surface area contributed by atoms with Crippen molar-refractivity contribution >= 4 is 26.8 Å². The lowest BCUT2D eigenvalue weighted by Crippen LogP contribution is -2.05. The molecule has 2 heterocycles. The van der Waals surface area contributed by atoms with Crippen molar-refractivity contribution in [3.63, 3.8) is 0 Å². The number of nitrogens with zero attached hydrogens (tertiary/aromatic N) is 3. The summed E-state index contributed by atoms with van der Waals surface area (Å²) in [6.07, 6.45) is 3.51. The Balaban J connectivity index is 1.94. The summed E-state index contributed by atoms with van der Waals surface area (Å²) in [4.78, 5) is 4.55. The first-order valence-electron chi connectivity index (χ1n) is 6.34. The molecule has 0 aliphatic heterocycles. The number of rotatable bonds is 3. The molecule has 1 N–H and O–H groups in total. The van der Waals surface area contributed by atoms with E-state index in [1.54, 1.807) is 10.9 Å². The molecule has 0 spiro atoms. The monoisotopic (exact) mass is 331 g/mol. The summed E-state index contributed by atoms with van der Waals surface area (Å²) in [6.45, 7) is 0. The van der Waals surface area contributed by atoms with Gasteiger partial charge < -0.3 is 5.11 Å². The van der Waals surface area contributed by atoms with Gasteiger partial charge in [0, 0.05) is 29.5 Å². The maximum atomic E-state index is 10.4. The molecule has 0 fully saturated rings. The summed E-state index contributed by atoms with van der Waals surface area (Å²) >= 11 is 3.49. The Morgan fingerprint density at radius 2 is 2.15 bits per heavy atom. The van der Waals surface area contributed by atoms with Crippen molar-refractivity contribution in [2.45, 2.75) is 12.5 Å². The number of aryl methyl sites for hydroxylation is 1. The number of hydrogen-bond donors (Lipinski definition) is 1. The number of fused-ring (bicyclic) bond motifs is 1. The average Bonchev–Trinajstić information content (AvgIpc) is 2.83. The van der Waals surface area contributed by atoms with Gasteiger partial charge in [-0.2, -0.15) is 5.10 Å². The molecule has 4 nitrogen and oxygen atoms in total. The van der Waals surface area contributed by atoms with E-state index in [-0.39, 0.29) is 0 Å². The summed E-state index contributed by atoms with van der Waals surface area (Å²) < 4.78 is 2.55. The first-order valence-corrected chi connectivity index (χ1v) is 7.13. The molecule has 1 atom stereocenters. The molecule has 20 heavy (non-hydrogen) atoms. The van der Waals surface area contributed by atoms with Crippen molar-refractivity contribution in [3.8, 4) is 0 Å². The van der Waals surface area contributed by atoms with Gasteiger partial charge in [0.1, 0.15) is 6.10 Å². The molecule has 0 saturated carbocycles. The van der Waals surface area contributed by atoms with Gasteiger partial charge in [-0.1, -0.05) is 18.2 Å². The second-order valence-corrected chi connectivity index (χ2v) is 5.64. The highest BCUT2D eigenvalue weighted by Crippen LogP contribution is 2.27. The standard InChI is InChI=1S/C15H14BrN3O/c1-19-9-10(8-17-19)6-14(20)15-12(16)7-11-4-2-3-5-13(11)18-15/h2-5,7-9,14,20H,6H2,1H3. The second kappa shape index (κ2) is 5.34. The number of aromatic nitrogens is 3. The largest absolute Gasteiger partial charge is 0.386 e. The zero-order valence-corrected chi connectivity index (χ0v) is 12.6. The fraction of sp³-hybridized carbons (Fsp3) is 0.200. The third-order valence-corrected chi connectivity index (χ3v) is 3.84.